The van der Waals surface area contributed by atoms with E-state index in [1.54, 1.807) is 23.1 Å². The van der Waals surface area contributed by atoms with Gasteiger partial charge in [0.1, 0.15) is 18.1 Å². The first kappa shape index (κ1) is 47.6. The van der Waals surface area contributed by atoms with Crippen molar-refractivity contribution in [3.05, 3.63) is 90.3 Å². The molecule has 5 heterocycles. The van der Waals surface area contributed by atoms with Gasteiger partial charge in [-0.1, -0.05) is 64.6 Å². The number of hydrazine groups is 1. The number of hydrogen-bond acceptors (Lipinski definition) is 9. The minimum Gasteiger partial charge on any atom is -0.464 e. The molecule has 0 spiro atoms. The van der Waals surface area contributed by atoms with E-state index in [0.29, 0.717) is 45.3 Å². The number of aromatic nitrogens is 2. The van der Waals surface area contributed by atoms with Gasteiger partial charge in [0.25, 0.3) is 5.91 Å². The first-order valence-corrected chi connectivity index (χ1v) is 24.1. The van der Waals surface area contributed by atoms with Gasteiger partial charge in [0.05, 0.1) is 30.0 Å². The van der Waals surface area contributed by atoms with Gasteiger partial charge in [-0.25, -0.2) is 5.43 Å². The van der Waals surface area contributed by atoms with Gasteiger partial charge < -0.3 is 29.2 Å². The number of fused-ring (bicyclic) bond motifs is 6. The van der Waals surface area contributed by atoms with Crippen molar-refractivity contribution in [2.45, 2.75) is 123 Å². The standard InChI is InChI=1S/C53H67N7O7/c1-9-45(61)57-25-22-37(30-57)50(63)60(38-19-20-38)47(32(3)4)49(62)55-43-27-34-14-11-15-35(26-34)36-18-21-44-40(28-36)41(48(58(44)10-2)39-16-12-23-54-46(39)33(5)66-8)29-53(6,7)31-67-52(65)42-17-13-24-59(56-42)51(43)64/h9,11-12,14-16,18,21,23,26,28,32-33,37-38,42-43,47,56H,1,10,13,17,19-20,22,24-25,27,29-31H2,2-8H3,(H,55,62)/t33-,37-,42-,43-,47?/m0/s1. The van der Waals surface area contributed by atoms with Crippen LogP contribution in [-0.2, 0) is 52.8 Å². The fourth-order valence-electron chi connectivity index (χ4n) is 10.4. The highest BCUT2D eigenvalue weighted by Gasteiger charge is 2.46. The lowest BCUT2D eigenvalue weighted by molar-refractivity contribution is -0.155. The van der Waals surface area contributed by atoms with Crippen LogP contribution in [0.15, 0.2) is 73.4 Å². The van der Waals surface area contributed by atoms with Crippen LogP contribution in [-0.4, -0.2) is 111 Å². The van der Waals surface area contributed by atoms with Gasteiger partial charge in [-0.2, -0.15) is 0 Å². The van der Waals surface area contributed by atoms with Crippen LogP contribution in [0, 0.1) is 17.3 Å². The number of benzene rings is 2. The molecule has 2 saturated heterocycles. The summed E-state index contributed by atoms with van der Waals surface area (Å²) in [5.41, 5.74) is 10.5. The molecule has 2 N–H and O–H groups in total. The lowest BCUT2D eigenvalue weighted by Crippen LogP contribution is -2.62. The highest BCUT2D eigenvalue weighted by molar-refractivity contribution is 5.96. The number of amides is 4. The fourth-order valence-corrected chi connectivity index (χ4v) is 10.4. The summed E-state index contributed by atoms with van der Waals surface area (Å²) < 4.78 is 14.3. The number of carbonyl (C=O) groups is 5. The van der Waals surface area contributed by atoms with E-state index in [2.05, 4.69) is 79.1 Å². The maximum absolute atomic E-state index is 14.8. The Morgan fingerprint density at radius 3 is 2.52 bits per heavy atom. The Hall–Kier alpha value is -5.86. The minimum absolute atomic E-state index is 0.100. The van der Waals surface area contributed by atoms with Crippen LogP contribution in [0.25, 0.3) is 33.3 Å². The van der Waals surface area contributed by atoms with Crippen molar-refractivity contribution < 1.29 is 33.4 Å². The van der Waals surface area contributed by atoms with E-state index in [0.717, 1.165) is 62.9 Å². The molecule has 67 heavy (non-hydrogen) atoms. The number of hydrogen-bond donors (Lipinski definition) is 2. The largest absolute Gasteiger partial charge is 0.464 e. The fraction of sp³-hybridized carbons (Fsp3) is 0.509. The zero-order valence-corrected chi connectivity index (χ0v) is 40.2. The second kappa shape index (κ2) is 19.8. The van der Waals surface area contributed by atoms with Crippen molar-refractivity contribution in [2.24, 2.45) is 17.3 Å². The first-order chi connectivity index (χ1) is 32.1. The molecule has 14 nitrogen and oxygen atoms in total. The molecule has 4 aromatic rings. The van der Waals surface area contributed by atoms with Gasteiger partial charge in [0.15, 0.2) is 0 Å². The number of nitrogens with zero attached hydrogens (tertiary/aromatic N) is 5. The van der Waals surface area contributed by atoms with Crippen molar-refractivity contribution in [3.63, 3.8) is 0 Å². The summed E-state index contributed by atoms with van der Waals surface area (Å²) in [6.45, 7) is 17.7. The summed E-state index contributed by atoms with van der Waals surface area (Å²) in [6.07, 6.45) is 6.66. The van der Waals surface area contributed by atoms with Gasteiger partial charge in [0.2, 0.25) is 17.7 Å². The predicted molar refractivity (Wildman–Crippen MR) is 257 cm³/mol. The lowest BCUT2D eigenvalue weighted by Gasteiger charge is -2.38. The number of rotatable bonds is 11. The summed E-state index contributed by atoms with van der Waals surface area (Å²) in [6, 6.07) is 15.9. The molecule has 4 amide bonds. The summed E-state index contributed by atoms with van der Waals surface area (Å²) >= 11 is 0. The topological polar surface area (TPSA) is 155 Å². The smallest absolute Gasteiger partial charge is 0.324 e. The number of likely N-dealkylation sites (tertiary alicyclic amines) is 1. The minimum atomic E-state index is -1.04. The van der Waals surface area contributed by atoms with Crippen molar-refractivity contribution >= 4 is 40.5 Å². The van der Waals surface area contributed by atoms with Gasteiger partial charge >= 0.3 is 5.97 Å². The molecule has 14 heteroatoms. The molecule has 1 aliphatic carbocycles. The first-order valence-electron chi connectivity index (χ1n) is 24.1. The second-order valence-corrected chi connectivity index (χ2v) is 20.0. The molecule has 4 aliphatic rings. The molecule has 5 atom stereocenters. The number of cyclic esters (lactones) is 1. The molecule has 6 bridgehead atoms. The van der Waals surface area contributed by atoms with Crippen LogP contribution >= 0.6 is 0 Å². The third-order valence-electron chi connectivity index (χ3n) is 14.0. The van der Waals surface area contributed by atoms with Crippen LogP contribution in [0.4, 0.5) is 0 Å². The Labute approximate surface area is 394 Å². The Morgan fingerprint density at radius 1 is 1.03 bits per heavy atom. The van der Waals surface area contributed by atoms with Crippen LogP contribution in [0.5, 0.6) is 0 Å². The Kier molecular flexibility index (Phi) is 14.1. The van der Waals surface area contributed by atoms with E-state index in [1.807, 2.05) is 39.0 Å². The van der Waals surface area contributed by atoms with Crippen LogP contribution in [0.2, 0.25) is 0 Å². The van der Waals surface area contributed by atoms with Crippen molar-refractivity contribution in [1.82, 2.24) is 35.1 Å². The third kappa shape index (κ3) is 9.92. The number of esters is 1. The summed E-state index contributed by atoms with van der Waals surface area (Å²) in [4.78, 5) is 78.7. The monoisotopic (exact) mass is 914 g/mol. The molecule has 2 aromatic carbocycles. The maximum Gasteiger partial charge on any atom is 0.324 e. The number of ether oxygens (including phenoxy) is 2. The van der Waals surface area contributed by atoms with E-state index in [4.69, 9.17) is 14.5 Å². The molecule has 3 fully saturated rings. The molecule has 356 valence electrons. The van der Waals surface area contributed by atoms with Crippen molar-refractivity contribution in [2.75, 3.05) is 33.4 Å². The SMILES string of the molecule is C=CC(=O)N1CC[C@H](C(=O)N(C2CC2)C(C(=O)N[C@H]2Cc3cccc(c3)-c3ccc4c(c3)c(c(-c3cccnc3[C@H](C)OC)n4CC)CC(C)(C)COC(=O)[C@@H]3CCCN(N3)C2=O)C(C)C)C1. The van der Waals surface area contributed by atoms with E-state index in [1.165, 1.54) is 11.1 Å². The van der Waals surface area contributed by atoms with Gasteiger partial charge in [-0.3, -0.25) is 34.0 Å². The zero-order valence-electron chi connectivity index (χ0n) is 40.2. The average molecular weight is 914 g/mol. The highest BCUT2D eigenvalue weighted by Crippen LogP contribution is 2.42. The maximum atomic E-state index is 14.8. The van der Waals surface area contributed by atoms with Crippen LogP contribution in [0.1, 0.15) is 96.6 Å². The van der Waals surface area contributed by atoms with Gasteiger partial charge in [0, 0.05) is 73.8 Å². The molecule has 1 unspecified atom stereocenters. The molecule has 3 aliphatic heterocycles. The molecular weight excluding hydrogens is 847 g/mol. The van der Waals surface area contributed by atoms with E-state index in [9.17, 15) is 24.0 Å². The number of methoxy groups -OCH3 is 1. The number of carbonyl (C=O) groups excluding carboxylic acids is 5. The Balaban J connectivity index is 1.19. The van der Waals surface area contributed by atoms with Crippen molar-refractivity contribution in [1.29, 1.82) is 0 Å². The number of nitrogens with one attached hydrogen (secondary N) is 2. The highest BCUT2D eigenvalue weighted by atomic mass is 16.5. The summed E-state index contributed by atoms with van der Waals surface area (Å²) in [5.74, 6) is -2.31. The molecule has 8 rings (SSSR count). The van der Waals surface area contributed by atoms with E-state index >= 15 is 0 Å². The van der Waals surface area contributed by atoms with Gasteiger partial charge in [-0.05, 0) is 111 Å². The molecule has 1 saturated carbocycles. The third-order valence-corrected chi connectivity index (χ3v) is 14.0. The van der Waals surface area contributed by atoms with Crippen LogP contribution in [0.3, 0.4) is 0 Å². The number of pyridine rings is 1. The molecule has 0 radical (unpaired) electrons. The second-order valence-electron chi connectivity index (χ2n) is 20.0. The Bertz CT molecular complexity index is 2540. The summed E-state index contributed by atoms with van der Waals surface area (Å²) in [5, 5.41) is 5.68. The van der Waals surface area contributed by atoms with Crippen molar-refractivity contribution in [3.8, 4) is 22.4 Å². The predicted octanol–water partition coefficient (Wildman–Crippen LogP) is 6.80. The van der Waals surface area contributed by atoms with Crippen LogP contribution < -0.4 is 10.7 Å². The molecule has 2 aromatic heterocycles. The van der Waals surface area contributed by atoms with Gasteiger partial charge in [-0.15, -0.1) is 0 Å². The van der Waals surface area contributed by atoms with E-state index in [-0.39, 0.29) is 55.4 Å². The normalized spacial score (nSPS) is 21.9. The van der Waals surface area contributed by atoms with E-state index < -0.39 is 41.3 Å². The quantitative estimate of drug-likeness (QED) is 0.122. The lowest BCUT2D eigenvalue weighted by atomic mass is 9.84. The zero-order chi connectivity index (χ0) is 47.7. The molecular formula is C53H67N7O7. The average Bonchev–Trinajstić information content (AvgIpc) is 3.96. The summed E-state index contributed by atoms with van der Waals surface area (Å²) in [7, 11) is 1.69. The number of aryl methyl sites for hydroxylation is 1. The Morgan fingerprint density at radius 2 is 1.81 bits per heavy atom.